The molecule has 1 atom stereocenters. The second kappa shape index (κ2) is 5.52. The molecule has 1 aliphatic carbocycles. The predicted octanol–water partition coefficient (Wildman–Crippen LogP) is 2.78. The Morgan fingerprint density at radius 1 is 1.41 bits per heavy atom. The van der Waals surface area contributed by atoms with E-state index in [0.29, 0.717) is 6.79 Å². The van der Waals surface area contributed by atoms with Crippen LogP contribution in [-0.4, -0.2) is 13.4 Å². The lowest BCUT2D eigenvalue weighted by atomic mass is 10.1. The van der Waals surface area contributed by atoms with Gasteiger partial charge >= 0.3 is 0 Å². The van der Waals surface area contributed by atoms with Gasteiger partial charge in [-0.3, -0.25) is 0 Å². The number of hydrogen-bond acceptors (Lipinski definition) is 3. The summed E-state index contributed by atoms with van der Waals surface area (Å²) in [7, 11) is 0. The second-order valence-electron chi connectivity index (χ2n) is 4.91. The Labute approximate surface area is 103 Å². The summed E-state index contributed by atoms with van der Waals surface area (Å²) in [5, 5.41) is 0. The van der Waals surface area contributed by atoms with Crippen molar-refractivity contribution in [1.82, 2.24) is 0 Å². The van der Waals surface area contributed by atoms with E-state index < -0.39 is 0 Å². The molecule has 2 rings (SSSR count). The highest BCUT2D eigenvalue weighted by molar-refractivity contribution is 5.38. The smallest absolute Gasteiger partial charge is 0.189 e. The summed E-state index contributed by atoms with van der Waals surface area (Å²) in [6, 6.07) is 6.07. The molecule has 0 aliphatic heterocycles. The van der Waals surface area contributed by atoms with Crippen molar-refractivity contribution in [2.45, 2.75) is 32.7 Å². The van der Waals surface area contributed by atoms with Gasteiger partial charge in [-0.2, -0.15) is 0 Å². The van der Waals surface area contributed by atoms with Gasteiger partial charge in [-0.1, -0.05) is 12.1 Å². The monoisotopic (exact) mass is 235 g/mol. The van der Waals surface area contributed by atoms with E-state index in [1.807, 2.05) is 26.0 Å². The van der Waals surface area contributed by atoms with Gasteiger partial charge in [-0.05, 0) is 44.2 Å². The lowest BCUT2D eigenvalue weighted by Gasteiger charge is -2.14. The van der Waals surface area contributed by atoms with Crippen LogP contribution < -0.4 is 10.5 Å². The lowest BCUT2D eigenvalue weighted by molar-refractivity contribution is 0.00931. The average molecular weight is 235 g/mol. The highest BCUT2D eigenvalue weighted by Gasteiger charge is 2.21. The molecule has 0 spiro atoms. The third-order valence-electron chi connectivity index (χ3n) is 3.01. The Morgan fingerprint density at radius 2 is 2.18 bits per heavy atom. The minimum atomic E-state index is -0.0194. The summed E-state index contributed by atoms with van der Waals surface area (Å²) >= 11 is 0. The Balaban J connectivity index is 1.89. The van der Waals surface area contributed by atoms with Gasteiger partial charge in [0.2, 0.25) is 0 Å². The van der Waals surface area contributed by atoms with Gasteiger partial charge in [0.1, 0.15) is 5.75 Å². The van der Waals surface area contributed by atoms with E-state index in [1.165, 1.54) is 18.4 Å². The van der Waals surface area contributed by atoms with Gasteiger partial charge in [0.05, 0.1) is 6.61 Å². The predicted molar refractivity (Wildman–Crippen MR) is 68.0 cm³/mol. The van der Waals surface area contributed by atoms with Gasteiger partial charge in [-0.15, -0.1) is 0 Å². The van der Waals surface area contributed by atoms with Crippen LogP contribution in [0.25, 0.3) is 0 Å². The van der Waals surface area contributed by atoms with Crippen LogP contribution in [0.5, 0.6) is 5.75 Å². The molecule has 0 saturated heterocycles. The normalized spacial score (nSPS) is 16.9. The lowest BCUT2D eigenvalue weighted by Crippen LogP contribution is -2.11. The summed E-state index contributed by atoms with van der Waals surface area (Å²) in [4.78, 5) is 0. The van der Waals surface area contributed by atoms with E-state index in [2.05, 4.69) is 6.07 Å². The third-order valence-corrected chi connectivity index (χ3v) is 3.01. The molecule has 94 valence electrons. The highest BCUT2D eigenvalue weighted by atomic mass is 16.7. The van der Waals surface area contributed by atoms with E-state index in [4.69, 9.17) is 15.2 Å². The first kappa shape index (κ1) is 12.4. The first-order valence-electron chi connectivity index (χ1n) is 6.23. The molecule has 1 aromatic rings. The van der Waals surface area contributed by atoms with Gasteiger partial charge < -0.3 is 15.2 Å². The van der Waals surface area contributed by atoms with Crippen molar-refractivity contribution in [3.63, 3.8) is 0 Å². The maximum atomic E-state index is 5.91. The Morgan fingerprint density at radius 3 is 2.82 bits per heavy atom. The topological polar surface area (TPSA) is 44.5 Å². The molecule has 1 aromatic carbocycles. The van der Waals surface area contributed by atoms with Gasteiger partial charge in [0.15, 0.2) is 6.79 Å². The van der Waals surface area contributed by atoms with Crippen molar-refractivity contribution in [2.24, 2.45) is 11.7 Å². The van der Waals surface area contributed by atoms with E-state index in [9.17, 15) is 0 Å². The molecule has 2 N–H and O–H groups in total. The number of aryl methyl sites for hydroxylation is 1. The molecule has 17 heavy (non-hydrogen) atoms. The zero-order valence-corrected chi connectivity index (χ0v) is 10.6. The molecule has 0 unspecified atom stereocenters. The Hall–Kier alpha value is -1.06. The van der Waals surface area contributed by atoms with Crippen molar-refractivity contribution >= 4 is 0 Å². The van der Waals surface area contributed by atoms with E-state index >= 15 is 0 Å². The molecule has 1 fully saturated rings. The first-order chi connectivity index (χ1) is 8.16. The fourth-order valence-electron chi connectivity index (χ4n) is 1.75. The minimum absolute atomic E-state index is 0.0194. The molecule has 0 heterocycles. The Bertz CT molecular complexity index is 372. The summed E-state index contributed by atoms with van der Waals surface area (Å²) < 4.78 is 11.1. The average Bonchev–Trinajstić information content (AvgIpc) is 3.08. The zero-order chi connectivity index (χ0) is 12.3. The maximum absolute atomic E-state index is 5.91. The van der Waals surface area contributed by atoms with Crippen LogP contribution in [0, 0.1) is 12.8 Å². The van der Waals surface area contributed by atoms with Gasteiger partial charge in [0.25, 0.3) is 0 Å². The second-order valence-corrected chi connectivity index (χ2v) is 4.91. The van der Waals surface area contributed by atoms with Crippen LogP contribution in [0.4, 0.5) is 0 Å². The van der Waals surface area contributed by atoms with Crippen molar-refractivity contribution < 1.29 is 9.47 Å². The summed E-state index contributed by atoms with van der Waals surface area (Å²) in [6.07, 6.45) is 2.60. The number of nitrogens with two attached hydrogens (primary N) is 1. The summed E-state index contributed by atoms with van der Waals surface area (Å²) in [5.74, 6) is 1.61. The van der Waals surface area contributed by atoms with Crippen LogP contribution in [0.15, 0.2) is 18.2 Å². The van der Waals surface area contributed by atoms with E-state index in [-0.39, 0.29) is 6.04 Å². The fraction of sp³-hybridized carbons (Fsp3) is 0.571. The largest absolute Gasteiger partial charge is 0.467 e. The van der Waals surface area contributed by atoms with Gasteiger partial charge in [-0.25, -0.2) is 0 Å². The van der Waals surface area contributed by atoms with Crippen LogP contribution >= 0.6 is 0 Å². The molecule has 0 aromatic heterocycles. The number of benzene rings is 1. The summed E-state index contributed by atoms with van der Waals surface area (Å²) in [6.45, 7) is 5.14. The molecular formula is C14H21NO2. The van der Waals surface area contributed by atoms with Crippen molar-refractivity contribution in [3.8, 4) is 5.75 Å². The zero-order valence-electron chi connectivity index (χ0n) is 10.6. The minimum Gasteiger partial charge on any atom is -0.467 e. The van der Waals surface area contributed by atoms with Crippen LogP contribution in [-0.2, 0) is 4.74 Å². The molecule has 3 heteroatoms. The molecule has 0 bridgehead atoms. The standard InChI is InChI=1S/C14H21NO2/c1-10-3-6-13(11(2)15)14(7-10)17-9-16-8-12-4-5-12/h3,6-7,11-12H,4-5,8-9,15H2,1-2H3/t11-/m0/s1. The molecule has 0 amide bonds. The van der Waals surface area contributed by atoms with E-state index in [1.54, 1.807) is 0 Å². The first-order valence-corrected chi connectivity index (χ1v) is 6.23. The SMILES string of the molecule is Cc1ccc([C@H](C)N)c(OCOCC2CC2)c1. The van der Waals surface area contributed by atoms with Crippen LogP contribution in [0.2, 0.25) is 0 Å². The van der Waals surface area contributed by atoms with Crippen molar-refractivity contribution in [2.75, 3.05) is 13.4 Å². The molecule has 3 nitrogen and oxygen atoms in total. The number of rotatable bonds is 6. The number of ether oxygens (including phenoxy) is 2. The molecule has 1 saturated carbocycles. The quantitative estimate of drug-likeness (QED) is 0.609. The fourth-order valence-corrected chi connectivity index (χ4v) is 1.75. The van der Waals surface area contributed by atoms with Gasteiger partial charge in [0, 0.05) is 11.6 Å². The number of hydrogen-bond donors (Lipinski definition) is 1. The maximum Gasteiger partial charge on any atom is 0.189 e. The Kier molecular flexibility index (Phi) is 4.02. The molecule has 1 aliphatic rings. The van der Waals surface area contributed by atoms with Crippen LogP contribution in [0.3, 0.4) is 0 Å². The summed E-state index contributed by atoms with van der Waals surface area (Å²) in [5.41, 5.74) is 8.11. The van der Waals surface area contributed by atoms with E-state index in [0.717, 1.165) is 23.8 Å². The van der Waals surface area contributed by atoms with Crippen LogP contribution in [0.1, 0.15) is 36.9 Å². The molecule has 0 radical (unpaired) electrons. The third kappa shape index (κ3) is 3.72. The van der Waals surface area contributed by atoms with Crippen molar-refractivity contribution in [3.05, 3.63) is 29.3 Å². The van der Waals surface area contributed by atoms with Crippen molar-refractivity contribution in [1.29, 1.82) is 0 Å². The highest BCUT2D eigenvalue weighted by Crippen LogP contribution is 2.29. The molecular weight excluding hydrogens is 214 g/mol.